The van der Waals surface area contributed by atoms with E-state index in [2.05, 4.69) is 10.3 Å². The second-order valence-electron chi connectivity index (χ2n) is 6.10. The summed E-state index contributed by atoms with van der Waals surface area (Å²) in [5, 5.41) is 13.8. The number of benzene rings is 1. The topological polar surface area (TPSA) is 85.1 Å². The van der Waals surface area contributed by atoms with Gasteiger partial charge in [0.15, 0.2) is 0 Å². The van der Waals surface area contributed by atoms with Gasteiger partial charge in [-0.2, -0.15) is 0 Å². The number of nitro benzene ring substituents is 1. The number of non-ortho nitro benzene ring substituents is 1. The van der Waals surface area contributed by atoms with Crippen molar-refractivity contribution in [2.45, 2.75) is 37.6 Å². The lowest BCUT2D eigenvalue weighted by molar-refractivity contribution is -0.384. The third-order valence-corrected chi connectivity index (χ3v) is 4.48. The molecule has 3 rings (SSSR count). The van der Waals surface area contributed by atoms with E-state index >= 15 is 0 Å². The predicted octanol–water partition coefficient (Wildman–Crippen LogP) is 3.45. The average molecular weight is 325 g/mol. The minimum atomic E-state index is -0.388. The Morgan fingerprint density at radius 2 is 1.96 bits per heavy atom. The molecule has 1 aliphatic rings. The van der Waals surface area contributed by atoms with Crippen LogP contribution in [0, 0.1) is 10.1 Å². The first kappa shape index (κ1) is 16.1. The molecule has 1 heterocycles. The minimum absolute atomic E-state index is 0.105. The fourth-order valence-electron chi connectivity index (χ4n) is 3.25. The Morgan fingerprint density at radius 3 is 2.62 bits per heavy atom. The van der Waals surface area contributed by atoms with Crippen LogP contribution < -0.4 is 5.32 Å². The fourth-order valence-corrected chi connectivity index (χ4v) is 3.25. The van der Waals surface area contributed by atoms with Crippen LogP contribution >= 0.6 is 0 Å². The smallest absolute Gasteiger partial charge is 0.270 e. The third kappa shape index (κ3) is 3.76. The standard InChI is InChI=1S/C18H19N3O3/c22-18(17-6-1-2-11-19-17)20-15-5-3-4-14(12-15)13-7-9-16(10-8-13)21(23)24/h1-2,6-11,14-15H,3-5,12H2,(H,20,22)/t14-,15+/m0/s1. The van der Waals surface area contributed by atoms with E-state index in [1.807, 2.05) is 12.1 Å². The molecule has 6 nitrogen and oxygen atoms in total. The van der Waals surface area contributed by atoms with Crippen LogP contribution in [0.25, 0.3) is 0 Å². The molecular formula is C18H19N3O3. The first-order valence-corrected chi connectivity index (χ1v) is 8.10. The molecule has 0 saturated heterocycles. The highest BCUT2D eigenvalue weighted by Gasteiger charge is 2.25. The molecule has 1 fully saturated rings. The number of aromatic nitrogens is 1. The molecule has 1 saturated carbocycles. The molecule has 24 heavy (non-hydrogen) atoms. The van der Waals surface area contributed by atoms with Gasteiger partial charge in [-0.3, -0.25) is 19.9 Å². The Hall–Kier alpha value is -2.76. The first-order valence-electron chi connectivity index (χ1n) is 8.10. The van der Waals surface area contributed by atoms with Gasteiger partial charge in [0.1, 0.15) is 5.69 Å². The zero-order chi connectivity index (χ0) is 16.9. The van der Waals surface area contributed by atoms with Gasteiger partial charge >= 0.3 is 0 Å². The number of nitrogens with one attached hydrogen (secondary N) is 1. The summed E-state index contributed by atoms with van der Waals surface area (Å²) in [4.78, 5) is 26.7. The molecule has 0 spiro atoms. The average Bonchev–Trinajstić information content (AvgIpc) is 2.63. The normalized spacial score (nSPS) is 20.3. The molecule has 2 atom stereocenters. The van der Waals surface area contributed by atoms with Crippen molar-refractivity contribution >= 4 is 11.6 Å². The van der Waals surface area contributed by atoms with E-state index in [9.17, 15) is 14.9 Å². The lowest BCUT2D eigenvalue weighted by Gasteiger charge is -2.30. The van der Waals surface area contributed by atoms with E-state index in [-0.39, 0.29) is 22.6 Å². The molecular weight excluding hydrogens is 306 g/mol. The Labute approximate surface area is 140 Å². The van der Waals surface area contributed by atoms with Gasteiger partial charge in [-0.05, 0) is 42.9 Å². The van der Waals surface area contributed by atoms with Crippen LogP contribution in [-0.2, 0) is 0 Å². The molecule has 0 unspecified atom stereocenters. The van der Waals surface area contributed by atoms with E-state index in [4.69, 9.17) is 0 Å². The number of hydrogen-bond acceptors (Lipinski definition) is 4. The van der Waals surface area contributed by atoms with E-state index < -0.39 is 0 Å². The van der Waals surface area contributed by atoms with Crippen molar-refractivity contribution in [1.82, 2.24) is 10.3 Å². The molecule has 1 aromatic heterocycles. The summed E-state index contributed by atoms with van der Waals surface area (Å²) in [5.74, 6) is 0.165. The summed E-state index contributed by atoms with van der Waals surface area (Å²) >= 11 is 0. The Bertz CT molecular complexity index is 716. The Kier molecular flexibility index (Phi) is 4.84. The van der Waals surface area contributed by atoms with Gasteiger partial charge in [-0.15, -0.1) is 0 Å². The van der Waals surface area contributed by atoms with Crippen molar-refractivity contribution in [1.29, 1.82) is 0 Å². The third-order valence-electron chi connectivity index (χ3n) is 4.48. The van der Waals surface area contributed by atoms with Gasteiger partial charge in [0.05, 0.1) is 4.92 Å². The summed E-state index contributed by atoms with van der Waals surface area (Å²) in [5.41, 5.74) is 1.63. The van der Waals surface area contributed by atoms with Crippen LogP contribution in [-0.4, -0.2) is 21.9 Å². The van der Waals surface area contributed by atoms with Crippen molar-refractivity contribution in [2.24, 2.45) is 0 Å². The Morgan fingerprint density at radius 1 is 1.17 bits per heavy atom. The van der Waals surface area contributed by atoms with Gasteiger partial charge in [0.25, 0.3) is 11.6 Å². The molecule has 1 aromatic carbocycles. The van der Waals surface area contributed by atoms with Crippen LogP contribution in [0.15, 0.2) is 48.7 Å². The molecule has 0 aliphatic heterocycles. The van der Waals surface area contributed by atoms with Crippen molar-refractivity contribution in [3.63, 3.8) is 0 Å². The number of carbonyl (C=O) groups excluding carboxylic acids is 1. The van der Waals surface area contributed by atoms with E-state index in [0.29, 0.717) is 11.6 Å². The molecule has 6 heteroatoms. The lowest BCUT2D eigenvalue weighted by Crippen LogP contribution is -2.38. The maximum absolute atomic E-state index is 12.2. The van der Waals surface area contributed by atoms with Crippen LogP contribution in [0.4, 0.5) is 5.69 Å². The number of rotatable bonds is 4. The summed E-state index contributed by atoms with van der Waals surface area (Å²) < 4.78 is 0. The van der Waals surface area contributed by atoms with Gasteiger partial charge in [0, 0.05) is 24.4 Å². The number of nitrogens with zero attached hydrogens (tertiary/aromatic N) is 2. The monoisotopic (exact) mass is 325 g/mol. The molecule has 1 amide bonds. The zero-order valence-corrected chi connectivity index (χ0v) is 13.2. The van der Waals surface area contributed by atoms with E-state index in [0.717, 1.165) is 31.2 Å². The largest absolute Gasteiger partial charge is 0.348 e. The SMILES string of the molecule is O=C(N[C@@H]1CCC[C@H](c2ccc([N+](=O)[O-])cc2)C1)c1ccccn1. The van der Waals surface area contributed by atoms with Crippen LogP contribution in [0.1, 0.15) is 47.7 Å². The van der Waals surface area contributed by atoms with E-state index in [1.165, 1.54) is 0 Å². The molecule has 1 N–H and O–H groups in total. The number of carbonyl (C=O) groups is 1. The Balaban J connectivity index is 1.64. The second kappa shape index (κ2) is 7.21. The van der Waals surface area contributed by atoms with Crippen LogP contribution in [0.5, 0.6) is 0 Å². The van der Waals surface area contributed by atoms with Crippen LogP contribution in [0.2, 0.25) is 0 Å². The van der Waals surface area contributed by atoms with Gasteiger partial charge < -0.3 is 5.32 Å². The second-order valence-corrected chi connectivity index (χ2v) is 6.10. The summed E-state index contributed by atoms with van der Waals surface area (Å²) in [6.07, 6.45) is 5.45. The fraction of sp³-hybridized carbons (Fsp3) is 0.333. The van der Waals surface area contributed by atoms with Crippen molar-refractivity contribution < 1.29 is 9.72 Å². The predicted molar refractivity (Wildman–Crippen MR) is 89.8 cm³/mol. The van der Waals surface area contributed by atoms with Gasteiger partial charge in [-0.25, -0.2) is 0 Å². The summed E-state index contributed by atoms with van der Waals surface area (Å²) in [7, 11) is 0. The summed E-state index contributed by atoms with van der Waals surface area (Å²) in [6.45, 7) is 0. The lowest BCUT2D eigenvalue weighted by atomic mass is 9.81. The maximum Gasteiger partial charge on any atom is 0.270 e. The summed E-state index contributed by atoms with van der Waals surface area (Å²) in [6, 6.07) is 12.1. The van der Waals surface area contributed by atoms with E-state index in [1.54, 1.807) is 36.5 Å². The molecule has 124 valence electrons. The quantitative estimate of drug-likeness (QED) is 0.689. The zero-order valence-electron chi connectivity index (χ0n) is 13.2. The van der Waals surface area contributed by atoms with Crippen molar-refractivity contribution in [3.05, 3.63) is 70.0 Å². The van der Waals surface area contributed by atoms with Crippen molar-refractivity contribution in [3.8, 4) is 0 Å². The highest BCUT2D eigenvalue weighted by atomic mass is 16.6. The minimum Gasteiger partial charge on any atom is -0.348 e. The molecule has 1 aliphatic carbocycles. The van der Waals surface area contributed by atoms with Gasteiger partial charge in [-0.1, -0.05) is 24.6 Å². The maximum atomic E-state index is 12.2. The molecule has 2 aromatic rings. The highest BCUT2D eigenvalue weighted by Crippen LogP contribution is 2.33. The number of nitro groups is 1. The number of pyridine rings is 1. The first-order chi connectivity index (χ1) is 11.6. The van der Waals surface area contributed by atoms with Crippen molar-refractivity contribution in [2.75, 3.05) is 0 Å². The number of hydrogen-bond donors (Lipinski definition) is 1. The van der Waals surface area contributed by atoms with Crippen LogP contribution in [0.3, 0.4) is 0 Å². The molecule has 0 bridgehead atoms. The van der Waals surface area contributed by atoms with Gasteiger partial charge in [0.2, 0.25) is 0 Å². The highest BCUT2D eigenvalue weighted by molar-refractivity contribution is 5.92. The molecule has 0 radical (unpaired) electrons. The number of amides is 1.